The Balaban J connectivity index is 3.44. The van der Waals surface area contributed by atoms with Crippen molar-refractivity contribution >= 4 is 5.78 Å². The predicted octanol–water partition coefficient (Wildman–Crippen LogP) is 7.28. The van der Waals surface area contributed by atoms with E-state index in [1.54, 1.807) is 19.1 Å². The molecule has 0 radical (unpaired) electrons. The fraction of sp³-hybridized carbons (Fsp3) is 0.522. The molecule has 1 nitrogen and oxygen atoms in total. The number of hydrogen-bond donors (Lipinski definition) is 0. The van der Waals surface area contributed by atoms with Gasteiger partial charge in [0.15, 0.2) is 5.78 Å². The Labute approximate surface area is 149 Å². The molecule has 0 aliphatic rings. The summed E-state index contributed by atoms with van der Waals surface area (Å²) in [6.45, 7) is 3.82. The number of carbonyl (C=O) groups excluding carboxylic acids is 1. The van der Waals surface area contributed by atoms with E-state index in [0.29, 0.717) is 0 Å². The molecule has 24 heavy (non-hydrogen) atoms. The summed E-state index contributed by atoms with van der Waals surface area (Å²) < 4.78 is 0. The smallest absolute Gasteiger partial charge is 0.152 e. The van der Waals surface area contributed by atoms with Gasteiger partial charge in [-0.3, -0.25) is 4.79 Å². The highest BCUT2D eigenvalue weighted by atomic mass is 16.1. The van der Waals surface area contributed by atoms with Crippen LogP contribution in [0.2, 0.25) is 0 Å². The summed E-state index contributed by atoms with van der Waals surface area (Å²) in [5.41, 5.74) is 0. The maximum Gasteiger partial charge on any atom is 0.152 e. The summed E-state index contributed by atoms with van der Waals surface area (Å²) in [5.74, 6) is 0.0700. The van der Waals surface area contributed by atoms with Gasteiger partial charge in [-0.15, -0.1) is 0 Å². The van der Waals surface area contributed by atoms with Gasteiger partial charge in [-0.25, -0.2) is 0 Å². The highest BCUT2D eigenvalue weighted by Gasteiger charge is 1.90. The predicted molar refractivity (Wildman–Crippen MR) is 108 cm³/mol. The average molecular weight is 329 g/mol. The Hall–Kier alpha value is -1.63. The van der Waals surface area contributed by atoms with E-state index in [4.69, 9.17) is 0 Å². The first-order valence-electron chi connectivity index (χ1n) is 9.61. The van der Waals surface area contributed by atoms with E-state index in [9.17, 15) is 4.79 Å². The van der Waals surface area contributed by atoms with E-state index in [1.807, 2.05) is 30.4 Å². The molecule has 0 atom stereocenters. The SMILES string of the molecule is CCCCCCCCCCCC=CC=CC=CC=CC=CC(C)=O. The van der Waals surface area contributed by atoms with Crippen LogP contribution in [-0.2, 0) is 4.79 Å². The third-order valence-corrected chi connectivity index (χ3v) is 3.72. The van der Waals surface area contributed by atoms with Crippen molar-refractivity contribution in [3.63, 3.8) is 0 Å². The van der Waals surface area contributed by atoms with Gasteiger partial charge >= 0.3 is 0 Å². The average Bonchev–Trinajstić information content (AvgIpc) is 2.56. The van der Waals surface area contributed by atoms with E-state index in [2.05, 4.69) is 25.2 Å². The summed E-state index contributed by atoms with van der Waals surface area (Å²) in [6.07, 6.45) is 33.1. The van der Waals surface area contributed by atoms with Gasteiger partial charge in [0.05, 0.1) is 0 Å². The van der Waals surface area contributed by atoms with Crippen LogP contribution in [0.3, 0.4) is 0 Å². The lowest BCUT2D eigenvalue weighted by Gasteiger charge is -2.00. The van der Waals surface area contributed by atoms with Crippen LogP contribution in [0.25, 0.3) is 0 Å². The van der Waals surface area contributed by atoms with Crippen LogP contribution >= 0.6 is 0 Å². The summed E-state index contributed by atoms with van der Waals surface area (Å²) in [6, 6.07) is 0. The first kappa shape index (κ1) is 22.4. The maximum absolute atomic E-state index is 10.7. The van der Waals surface area contributed by atoms with Gasteiger partial charge in [0, 0.05) is 0 Å². The van der Waals surface area contributed by atoms with E-state index < -0.39 is 0 Å². The van der Waals surface area contributed by atoms with Gasteiger partial charge in [-0.05, 0) is 25.8 Å². The highest BCUT2D eigenvalue weighted by molar-refractivity contribution is 5.87. The summed E-state index contributed by atoms with van der Waals surface area (Å²) in [4.78, 5) is 10.7. The number of ketones is 1. The Morgan fingerprint density at radius 3 is 1.62 bits per heavy atom. The molecule has 1 heteroatoms. The van der Waals surface area contributed by atoms with Gasteiger partial charge in [0.25, 0.3) is 0 Å². The highest BCUT2D eigenvalue weighted by Crippen LogP contribution is 2.10. The quantitative estimate of drug-likeness (QED) is 0.175. The second-order valence-corrected chi connectivity index (χ2v) is 6.17. The van der Waals surface area contributed by atoms with Crippen molar-refractivity contribution in [1.82, 2.24) is 0 Å². The monoisotopic (exact) mass is 328 g/mol. The zero-order valence-corrected chi connectivity index (χ0v) is 15.8. The summed E-state index contributed by atoms with van der Waals surface area (Å²) in [7, 11) is 0. The lowest BCUT2D eigenvalue weighted by molar-refractivity contribution is -0.112. The fourth-order valence-electron chi connectivity index (χ4n) is 2.32. The number of hydrogen-bond acceptors (Lipinski definition) is 1. The van der Waals surface area contributed by atoms with E-state index in [0.717, 1.165) is 0 Å². The minimum atomic E-state index is 0.0700. The van der Waals surface area contributed by atoms with Gasteiger partial charge < -0.3 is 0 Å². The summed E-state index contributed by atoms with van der Waals surface area (Å²) >= 11 is 0. The molecule has 0 heterocycles. The molecular weight excluding hydrogens is 292 g/mol. The molecule has 0 aromatic carbocycles. The van der Waals surface area contributed by atoms with Crippen LogP contribution < -0.4 is 0 Å². The third-order valence-electron chi connectivity index (χ3n) is 3.72. The number of rotatable bonds is 15. The lowest BCUT2D eigenvalue weighted by Crippen LogP contribution is -1.80. The van der Waals surface area contributed by atoms with Crippen LogP contribution in [0.15, 0.2) is 60.8 Å². The molecule has 0 rings (SSSR count). The van der Waals surface area contributed by atoms with Crippen LogP contribution in [0.4, 0.5) is 0 Å². The Morgan fingerprint density at radius 2 is 1.08 bits per heavy atom. The van der Waals surface area contributed by atoms with Crippen molar-refractivity contribution in [1.29, 1.82) is 0 Å². The fourth-order valence-corrected chi connectivity index (χ4v) is 2.32. The van der Waals surface area contributed by atoms with Crippen LogP contribution in [-0.4, -0.2) is 5.78 Å². The Kier molecular flexibility index (Phi) is 18.1. The van der Waals surface area contributed by atoms with Gasteiger partial charge in [-0.1, -0.05) is 113 Å². The molecule has 0 aliphatic heterocycles. The molecule has 0 bridgehead atoms. The molecule has 0 spiro atoms. The first-order chi connectivity index (χ1) is 11.8. The van der Waals surface area contributed by atoms with Crippen molar-refractivity contribution in [2.45, 2.75) is 78.1 Å². The number of unbranched alkanes of at least 4 members (excludes halogenated alkanes) is 9. The van der Waals surface area contributed by atoms with Crippen molar-refractivity contribution in [3.05, 3.63) is 60.8 Å². The molecule has 134 valence electrons. The molecule has 0 N–H and O–H groups in total. The second kappa shape index (κ2) is 19.4. The van der Waals surface area contributed by atoms with Crippen LogP contribution in [0, 0.1) is 0 Å². The Morgan fingerprint density at radius 1 is 0.625 bits per heavy atom. The zero-order chi connectivity index (χ0) is 17.7. The van der Waals surface area contributed by atoms with Crippen molar-refractivity contribution < 1.29 is 4.79 Å². The normalized spacial score (nSPS) is 12.8. The largest absolute Gasteiger partial charge is 0.295 e. The first-order valence-corrected chi connectivity index (χ1v) is 9.61. The van der Waals surface area contributed by atoms with Gasteiger partial charge in [0.2, 0.25) is 0 Å². The number of carbonyl (C=O) groups is 1. The van der Waals surface area contributed by atoms with E-state index >= 15 is 0 Å². The molecule has 0 aliphatic carbocycles. The van der Waals surface area contributed by atoms with Crippen LogP contribution in [0.1, 0.15) is 78.1 Å². The topological polar surface area (TPSA) is 17.1 Å². The standard InChI is InChI=1S/C23H36O/c1-3-4-5-6-7-8-9-10-11-12-13-14-15-16-17-18-19-20-21-22-23(2)24/h13-22H,3-12H2,1-2H3. The van der Waals surface area contributed by atoms with E-state index in [1.165, 1.54) is 64.2 Å². The minimum Gasteiger partial charge on any atom is -0.295 e. The van der Waals surface area contributed by atoms with Crippen LogP contribution in [0.5, 0.6) is 0 Å². The van der Waals surface area contributed by atoms with E-state index in [-0.39, 0.29) is 5.78 Å². The molecule has 0 saturated carbocycles. The maximum atomic E-state index is 10.7. The molecule has 0 fully saturated rings. The zero-order valence-electron chi connectivity index (χ0n) is 15.8. The van der Waals surface area contributed by atoms with Crippen molar-refractivity contribution in [2.24, 2.45) is 0 Å². The molecule has 0 aromatic rings. The third kappa shape index (κ3) is 20.4. The van der Waals surface area contributed by atoms with Crippen molar-refractivity contribution in [2.75, 3.05) is 0 Å². The molecule has 0 unspecified atom stereocenters. The molecule has 0 aromatic heterocycles. The second-order valence-electron chi connectivity index (χ2n) is 6.17. The minimum absolute atomic E-state index is 0.0700. The molecule has 0 saturated heterocycles. The number of allylic oxidation sites excluding steroid dienone is 10. The Bertz CT molecular complexity index is 421. The van der Waals surface area contributed by atoms with Crippen molar-refractivity contribution in [3.8, 4) is 0 Å². The summed E-state index contributed by atoms with van der Waals surface area (Å²) in [5, 5.41) is 0. The molecular formula is C23H36O. The molecule has 0 amide bonds. The lowest BCUT2D eigenvalue weighted by atomic mass is 10.1. The van der Waals surface area contributed by atoms with Gasteiger partial charge in [0.1, 0.15) is 0 Å². The van der Waals surface area contributed by atoms with Gasteiger partial charge in [-0.2, -0.15) is 0 Å².